The largest absolute Gasteiger partial charge is 0.495 e. The van der Waals surface area contributed by atoms with Crippen molar-refractivity contribution < 1.29 is 32.3 Å². The van der Waals surface area contributed by atoms with E-state index in [4.69, 9.17) is 9.84 Å². The van der Waals surface area contributed by atoms with E-state index < -0.39 is 29.2 Å². The summed E-state index contributed by atoms with van der Waals surface area (Å²) in [6.07, 6.45) is -4.64. The van der Waals surface area contributed by atoms with E-state index >= 15 is 0 Å². The smallest absolute Gasteiger partial charge is 0.420 e. The summed E-state index contributed by atoms with van der Waals surface area (Å²) >= 11 is 2.97. The van der Waals surface area contributed by atoms with Gasteiger partial charge in [0, 0.05) is 16.1 Å². The van der Waals surface area contributed by atoms with Crippen molar-refractivity contribution in [2.75, 3.05) is 7.11 Å². The average molecular weight is 366 g/mol. The van der Waals surface area contributed by atoms with E-state index in [1.807, 2.05) is 0 Å². The zero-order valence-electron chi connectivity index (χ0n) is 10.4. The Bertz CT molecular complexity index is 696. The molecule has 2 aromatic rings. The molecule has 2 rings (SSSR count). The van der Waals surface area contributed by atoms with Crippen molar-refractivity contribution in [3.05, 3.63) is 34.0 Å². The summed E-state index contributed by atoms with van der Waals surface area (Å²) in [7, 11) is 1.08. The average Bonchev–Trinajstić information content (AvgIpc) is 2.86. The van der Waals surface area contributed by atoms with Gasteiger partial charge in [0.1, 0.15) is 11.4 Å². The molecule has 9 heteroatoms. The molecule has 5 nitrogen and oxygen atoms in total. The van der Waals surface area contributed by atoms with Crippen LogP contribution in [0, 0.1) is 0 Å². The molecule has 0 radical (unpaired) electrons. The molecular formula is C12H7BrF3NO4. The van der Waals surface area contributed by atoms with Gasteiger partial charge in [0.15, 0.2) is 0 Å². The van der Waals surface area contributed by atoms with Gasteiger partial charge in [0.2, 0.25) is 5.76 Å². The maximum Gasteiger partial charge on any atom is 0.420 e. The SMILES string of the molecule is COc1c(-c2cc(C(=O)O)on2)cc(Br)cc1C(F)(F)F. The lowest BCUT2D eigenvalue weighted by molar-refractivity contribution is -0.138. The Morgan fingerprint density at radius 1 is 1.38 bits per heavy atom. The van der Waals surface area contributed by atoms with Crippen LogP contribution < -0.4 is 4.74 Å². The summed E-state index contributed by atoms with van der Waals surface area (Å²) in [6.45, 7) is 0. The second-order valence-electron chi connectivity index (χ2n) is 3.91. The van der Waals surface area contributed by atoms with Crippen molar-refractivity contribution in [2.45, 2.75) is 6.18 Å². The summed E-state index contributed by atoms with van der Waals surface area (Å²) in [5.74, 6) is -2.32. The van der Waals surface area contributed by atoms with Crippen LogP contribution in [0.1, 0.15) is 16.1 Å². The first-order chi connectivity index (χ1) is 9.74. The molecule has 0 bridgehead atoms. The van der Waals surface area contributed by atoms with Crippen molar-refractivity contribution in [2.24, 2.45) is 0 Å². The Hall–Kier alpha value is -2.03. The molecule has 0 aliphatic carbocycles. The molecule has 1 aromatic carbocycles. The van der Waals surface area contributed by atoms with E-state index in [-0.39, 0.29) is 15.7 Å². The highest BCUT2D eigenvalue weighted by atomic mass is 79.9. The van der Waals surface area contributed by atoms with Crippen LogP contribution in [0.2, 0.25) is 0 Å². The number of ether oxygens (including phenoxy) is 1. The summed E-state index contributed by atoms with van der Waals surface area (Å²) < 4.78 is 48.5. The number of aromatic carboxylic acids is 1. The molecule has 0 saturated heterocycles. The summed E-state index contributed by atoms with van der Waals surface area (Å²) in [5, 5.41) is 12.2. The molecule has 21 heavy (non-hydrogen) atoms. The van der Waals surface area contributed by atoms with Crippen LogP contribution in [0.4, 0.5) is 13.2 Å². The minimum Gasteiger partial charge on any atom is -0.495 e. The summed E-state index contributed by atoms with van der Waals surface area (Å²) in [4.78, 5) is 10.7. The lowest BCUT2D eigenvalue weighted by atomic mass is 10.1. The number of alkyl halides is 3. The maximum absolute atomic E-state index is 13.0. The number of hydrogen-bond donors (Lipinski definition) is 1. The van der Waals surface area contributed by atoms with Gasteiger partial charge in [0.25, 0.3) is 0 Å². The van der Waals surface area contributed by atoms with Gasteiger partial charge in [-0.3, -0.25) is 0 Å². The highest BCUT2D eigenvalue weighted by Crippen LogP contribution is 2.43. The topological polar surface area (TPSA) is 72.6 Å². The van der Waals surface area contributed by atoms with Crippen LogP contribution in [0.25, 0.3) is 11.3 Å². The molecule has 0 amide bonds. The number of aromatic nitrogens is 1. The van der Waals surface area contributed by atoms with Crippen LogP contribution in [0.15, 0.2) is 27.2 Å². The van der Waals surface area contributed by atoms with Gasteiger partial charge in [-0.15, -0.1) is 0 Å². The summed E-state index contributed by atoms with van der Waals surface area (Å²) in [6, 6.07) is 3.21. The molecule has 0 saturated carbocycles. The highest BCUT2D eigenvalue weighted by molar-refractivity contribution is 9.10. The van der Waals surface area contributed by atoms with Crippen LogP contribution in [-0.4, -0.2) is 23.3 Å². The van der Waals surface area contributed by atoms with E-state index in [1.54, 1.807) is 0 Å². The van der Waals surface area contributed by atoms with E-state index in [1.165, 1.54) is 6.07 Å². The monoisotopic (exact) mass is 365 g/mol. The molecular weight excluding hydrogens is 359 g/mol. The predicted molar refractivity (Wildman–Crippen MR) is 68.2 cm³/mol. The Morgan fingerprint density at radius 2 is 2.05 bits per heavy atom. The number of methoxy groups -OCH3 is 1. The first-order valence-corrected chi connectivity index (χ1v) is 6.18. The first-order valence-electron chi connectivity index (χ1n) is 5.39. The standard InChI is InChI=1S/C12H7BrF3NO4/c1-20-10-6(8-4-9(11(18)19)21-17-8)2-5(13)3-7(10)12(14,15)16/h2-4H,1H3,(H,18,19). The summed E-state index contributed by atoms with van der Waals surface area (Å²) in [5.41, 5.74) is -1.11. The third-order valence-corrected chi connectivity index (χ3v) is 3.02. The predicted octanol–water partition coefficient (Wildman–Crippen LogP) is 3.83. The van der Waals surface area contributed by atoms with Crippen molar-refractivity contribution in [1.82, 2.24) is 5.16 Å². The fourth-order valence-corrected chi connectivity index (χ4v) is 2.18. The third-order valence-electron chi connectivity index (χ3n) is 2.56. The van der Waals surface area contributed by atoms with E-state index in [0.717, 1.165) is 19.2 Å². The van der Waals surface area contributed by atoms with Crippen LogP contribution >= 0.6 is 15.9 Å². The van der Waals surface area contributed by atoms with Crippen molar-refractivity contribution in [1.29, 1.82) is 0 Å². The number of carbonyl (C=O) groups is 1. The Morgan fingerprint density at radius 3 is 2.52 bits per heavy atom. The molecule has 0 spiro atoms. The minimum absolute atomic E-state index is 0.0320. The van der Waals surface area contributed by atoms with E-state index in [9.17, 15) is 18.0 Å². The van der Waals surface area contributed by atoms with Gasteiger partial charge in [-0.25, -0.2) is 4.79 Å². The molecule has 0 aliphatic heterocycles. The zero-order chi connectivity index (χ0) is 15.8. The number of halogens is 4. The fourth-order valence-electron chi connectivity index (χ4n) is 1.72. The van der Waals surface area contributed by atoms with Gasteiger partial charge in [-0.05, 0) is 12.1 Å². The Kier molecular flexibility index (Phi) is 3.95. The first kappa shape index (κ1) is 15.4. The van der Waals surface area contributed by atoms with Crippen molar-refractivity contribution >= 4 is 21.9 Å². The second kappa shape index (κ2) is 5.40. The van der Waals surface area contributed by atoms with E-state index in [0.29, 0.717) is 0 Å². The maximum atomic E-state index is 13.0. The highest BCUT2D eigenvalue weighted by Gasteiger charge is 2.36. The normalized spacial score (nSPS) is 11.5. The number of rotatable bonds is 3. The lowest BCUT2D eigenvalue weighted by Crippen LogP contribution is -2.08. The molecule has 1 aromatic heterocycles. The van der Waals surface area contributed by atoms with Gasteiger partial charge < -0.3 is 14.4 Å². The quantitative estimate of drug-likeness (QED) is 0.894. The molecule has 0 fully saturated rings. The number of carboxylic acid groups (broad SMARTS) is 1. The van der Waals surface area contributed by atoms with Crippen LogP contribution in [0.5, 0.6) is 5.75 Å². The Labute approximate surface area is 124 Å². The van der Waals surface area contributed by atoms with Crippen molar-refractivity contribution in [3.8, 4) is 17.0 Å². The Balaban J connectivity index is 2.67. The molecule has 1 N–H and O–H groups in total. The van der Waals surface area contributed by atoms with Crippen molar-refractivity contribution in [3.63, 3.8) is 0 Å². The zero-order valence-corrected chi connectivity index (χ0v) is 11.9. The molecule has 0 aliphatic rings. The van der Waals surface area contributed by atoms with Crippen LogP contribution in [-0.2, 0) is 6.18 Å². The van der Waals surface area contributed by atoms with Gasteiger partial charge >= 0.3 is 12.1 Å². The number of carboxylic acids is 1. The fraction of sp³-hybridized carbons (Fsp3) is 0.167. The second-order valence-corrected chi connectivity index (χ2v) is 4.83. The third kappa shape index (κ3) is 3.02. The van der Waals surface area contributed by atoms with Crippen LogP contribution in [0.3, 0.4) is 0 Å². The number of benzene rings is 1. The molecule has 0 atom stereocenters. The lowest BCUT2D eigenvalue weighted by Gasteiger charge is -2.15. The molecule has 1 heterocycles. The van der Waals surface area contributed by atoms with Gasteiger partial charge in [-0.2, -0.15) is 13.2 Å². The molecule has 0 unspecified atom stereocenters. The minimum atomic E-state index is -4.64. The van der Waals surface area contributed by atoms with E-state index in [2.05, 4.69) is 25.6 Å². The number of hydrogen-bond acceptors (Lipinski definition) is 4. The van der Waals surface area contributed by atoms with Gasteiger partial charge in [0.05, 0.1) is 12.7 Å². The number of nitrogens with zero attached hydrogens (tertiary/aromatic N) is 1. The molecule has 112 valence electrons. The van der Waals surface area contributed by atoms with Gasteiger partial charge in [-0.1, -0.05) is 21.1 Å².